The minimum Gasteiger partial charge on any atom is -0.507 e. The van der Waals surface area contributed by atoms with E-state index in [1.54, 1.807) is 6.92 Å². The van der Waals surface area contributed by atoms with Crippen molar-refractivity contribution in [1.82, 2.24) is 9.97 Å². The molecule has 0 saturated heterocycles. The molecule has 0 radical (unpaired) electrons. The van der Waals surface area contributed by atoms with Gasteiger partial charge in [0, 0.05) is 17.7 Å². The summed E-state index contributed by atoms with van der Waals surface area (Å²) in [7, 11) is 0. The molecule has 0 bridgehead atoms. The van der Waals surface area contributed by atoms with E-state index in [9.17, 15) is 5.11 Å². The smallest absolute Gasteiger partial charge is 0.142 e. The van der Waals surface area contributed by atoms with Crippen molar-refractivity contribution in [1.29, 1.82) is 0 Å². The standard InChI is InChI=1S/C23H20N2O.C2H6O/c1-15-13-16(2)22(26)19(14-15)23-24-20(17-9-5-3-6-10-17)21(25-23)18-11-7-4-8-12-18;1-2-3/h3-14,26H,1-2H3,(H,24,25);3H,2H2,1H3. The Bertz CT molecular complexity index is 1010. The first-order valence-electron chi connectivity index (χ1n) is 9.67. The van der Waals surface area contributed by atoms with Crippen molar-refractivity contribution in [3.05, 3.63) is 83.9 Å². The van der Waals surface area contributed by atoms with Crippen LogP contribution in [0.25, 0.3) is 33.9 Å². The number of aromatic hydroxyl groups is 1. The van der Waals surface area contributed by atoms with Gasteiger partial charge in [-0.25, -0.2) is 4.98 Å². The predicted octanol–water partition coefficient (Wildman–Crippen LogP) is 5.73. The zero-order valence-electron chi connectivity index (χ0n) is 17.0. The Morgan fingerprint density at radius 2 is 1.41 bits per heavy atom. The highest BCUT2D eigenvalue weighted by Crippen LogP contribution is 2.37. The van der Waals surface area contributed by atoms with Crippen LogP contribution in [0.3, 0.4) is 0 Å². The van der Waals surface area contributed by atoms with Gasteiger partial charge in [0.05, 0.1) is 17.0 Å². The van der Waals surface area contributed by atoms with Crippen LogP contribution in [0.15, 0.2) is 72.8 Å². The second kappa shape index (κ2) is 9.22. The third kappa shape index (κ3) is 4.55. The summed E-state index contributed by atoms with van der Waals surface area (Å²) in [5.74, 6) is 0.940. The summed E-state index contributed by atoms with van der Waals surface area (Å²) in [4.78, 5) is 8.29. The van der Waals surface area contributed by atoms with Gasteiger partial charge in [0.15, 0.2) is 0 Å². The second-order valence-corrected chi connectivity index (χ2v) is 6.84. The van der Waals surface area contributed by atoms with Gasteiger partial charge in [0.2, 0.25) is 0 Å². The molecule has 3 aromatic carbocycles. The predicted molar refractivity (Wildman–Crippen MR) is 119 cm³/mol. The number of benzene rings is 3. The van der Waals surface area contributed by atoms with Gasteiger partial charge in [-0.1, -0.05) is 66.7 Å². The number of aromatic nitrogens is 2. The van der Waals surface area contributed by atoms with Crippen molar-refractivity contribution in [3.63, 3.8) is 0 Å². The molecule has 0 unspecified atom stereocenters. The molecule has 0 saturated carbocycles. The van der Waals surface area contributed by atoms with Gasteiger partial charge in [-0.15, -0.1) is 0 Å². The van der Waals surface area contributed by atoms with Crippen LogP contribution in [0, 0.1) is 13.8 Å². The molecule has 0 amide bonds. The fourth-order valence-electron chi connectivity index (χ4n) is 3.26. The van der Waals surface area contributed by atoms with Crippen molar-refractivity contribution in [3.8, 4) is 39.7 Å². The summed E-state index contributed by atoms with van der Waals surface area (Å²) in [6, 6.07) is 24.2. The molecule has 0 aliphatic heterocycles. The second-order valence-electron chi connectivity index (χ2n) is 6.84. The lowest BCUT2D eigenvalue weighted by Gasteiger charge is -2.06. The molecular formula is C25H26N2O2. The summed E-state index contributed by atoms with van der Waals surface area (Å²) in [6.07, 6.45) is 0. The number of hydrogen-bond donors (Lipinski definition) is 3. The number of aliphatic hydroxyl groups is 1. The molecule has 4 heteroatoms. The summed E-state index contributed by atoms with van der Waals surface area (Å²) in [5.41, 5.74) is 6.59. The lowest BCUT2D eigenvalue weighted by atomic mass is 10.1. The van der Waals surface area contributed by atoms with Gasteiger partial charge in [-0.05, 0) is 38.0 Å². The first-order chi connectivity index (χ1) is 14.0. The van der Waals surface area contributed by atoms with Crippen LogP contribution in [0.2, 0.25) is 0 Å². The lowest BCUT2D eigenvalue weighted by Crippen LogP contribution is -1.87. The molecule has 0 aliphatic carbocycles. The molecule has 4 aromatic rings. The van der Waals surface area contributed by atoms with E-state index in [1.807, 2.05) is 74.5 Å². The monoisotopic (exact) mass is 386 g/mol. The average Bonchev–Trinajstić information content (AvgIpc) is 3.18. The van der Waals surface area contributed by atoms with E-state index in [4.69, 9.17) is 10.1 Å². The van der Waals surface area contributed by atoms with Crippen LogP contribution in [-0.2, 0) is 0 Å². The normalized spacial score (nSPS) is 10.3. The topological polar surface area (TPSA) is 69.1 Å². The van der Waals surface area contributed by atoms with E-state index >= 15 is 0 Å². The number of aromatic amines is 1. The van der Waals surface area contributed by atoms with Crippen LogP contribution in [0.4, 0.5) is 0 Å². The van der Waals surface area contributed by atoms with E-state index in [2.05, 4.69) is 17.1 Å². The summed E-state index contributed by atoms with van der Waals surface area (Å²) >= 11 is 0. The number of phenolic OH excluding ortho intramolecular Hbond substituents is 1. The zero-order valence-corrected chi connectivity index (χ0v) is 17.0. The highest BCUT2D eigenvalue weighted by Gasteiger charge is 2.17. The molecule has 1 heterocycles. The Morgan fingerprint density at radius 1 is 0.862 bits per heavy atom. The fourth-order valence-corrected chi connectivity index (χ4v) is 3.26. The quantitative estimate of drug-likeness (QED) is 0.421. The van der Waals surface area contributed by atoms with E-state index in [0.29, 0.717) is 5.82 Å². The maximum atomic E-state index is 10.6. The maximum Gasteiger partial charge on any atom is 0.142 e. The van der Waals surface area contributed by atoms with E-state index in [-0.39, 0.29) is 12.4 Å². The van der Waals surface area contributed by atoms with Crippen LogP contribution in [-0.4, -0.2) is 26.8 Å². The van der Waals surface area contributed by atoms with Gasteiger partial charge in [0.1, 0.15) is 11.6 Å². The molecule has 4 rings (SSSR count). The number of hydrogen-bond acceptors (Lipinski definition) is 3. The first kappa shape index (κ1) is 20.4. The van der Waals surface area contributed by atoms with E-state index in [0.717, 1.165) is 39.2 Å². The maximum absolute atomic E-state index is 10.6. The van der Waals surface area contributed by atoms with Crippen LogP contribution >= 0.6 is 0 Å². The van der Waals surface area contributed by atoms with Crippen LogP contribution in [0.1, 0.15) is 18.1 Å². The van der Waals surface area contributed by atoms with Gasteiger partial charge in [-0.2, -0.15) is 0 Å². The number of phenols is 1. The third-order valence-electron chi connectivity index (χ3n) is 4.51. The Kier molecular flexibility index (Phi) is 6.47. The third-order valence-corrected chi connectivity index (χ3v) is 4.51. The number of aliphatic hydroxyl groups excluding tert-OH is 1. The van der Waals surface area contributed by atoms with Crippen molar-refractivity contribution < 1.29 is 10.2 Å². The number of imidazole rings is 1. The molecule has 0 aliphatic rings. The van der Waals surface area contributed by atoms with Gasteiger partial charge in [0.25, 0.3) is 0 Å². The molecule has 0 spiro atoms. The molecule has 3 N–H and O–H groups in total. The summed E-state index contributed by atoms with van der Waals surface area (Å²) in [5, 5.41) is 18.1. The van der Waals surface area contributed by atoms with Gasteiger partial charge < -0.3 is 15.2 Å². The minimum atomic E-state index is 0.250. The van der Waals surface area contributed by atoms with Crippen molar-refractivity contribution >= 4 is 0 Å². The van der Waals surface area contributed by atoms with Crippen LogP contribution in [0.5, 0.6) is 5.75 Å². The zero-order chi connectivity index (χ0) is 20.8. The van der Waals surface area contributed by atoms with Crippen molar-refractivity contribution in [2.75, 3.05) is 6.61 Å². The largest absolute Gasteiger partial charge is 0.507 e. The molecule has 4 nitrogen and oxygen atoms in total. The highest BCUT2D eigenvalue weighted by atomic mass is 16.3. The highest BCUT2D eigenvalue weighted by molar-refractivity contribution is 5.82. The molecule has 0 atom stereocenters. The SMILES string of the molecule is CCO.Cc1cc(C)c(O)c(-c2nc(-c3ccccc3)c(-c3ccccc3)[nH]2)c1. The number of nitrogens with zero attached hydrogens (tertiary/aromatic N) is 1. The molecule has 1 aromatic heterocycles. The van der Waals surface area contributed by atoms with Crippen molar-refractivity contribution in [2.45, 2.75) is 20.8 Å². The Morgan fingerprint density at radius 3 is 2.00 bits per heavy atom. The first-order valence-corrected chi connectivity index (χ1v) is 9.67. The van der Waals surface area contributed by atoms with Crippen LogP contribution < -0.4 is 0 Å². The van der Waals surface area contributed by atoms with Crippen molar-refractivity contribution in [2.24, 2.45) is 0 Å². The Hall–Kier alpha value is -3.37. The van der Waals surface area contributed by atoms with Gasteiger partial charge in [-0.3, -0.25) is 0 Å². The van der Waals surface area contributed by atoms with E-state index in [1.165, 1.54) is 0 Å². The molecule has 0 fully saturated rings. The Balaban J connectivity index is 0.000000755. The fraction of sp³-hybridized carbons (Fsp3) is 0.160. The molecular weight excluding hydrogens is 360 g/mol. The summed E-state index contributed by atoms with van der Waals surface area (Å²) in [6.45, 7) is 5.86. The minimum absolute atomic E-state index is 0.250. The average molecular weight is 386 g/mol. The number of H-pyrrole nitrogens is 1. The Labute approximate surface area is 171 Å². The van der Waals surface area contributed by atoms with Gasteiger partial charge >= 0.3 is 0 Å². The molecule has 148 valence electrons. The number of aryl methyl sites for hydroxylation is 2. The number of rotatable bonds is 3. The lowest BCUT2D eigenvalue weighted by molar-refractivity contribution is 0.318. The number of nitrogens with one attached hydrogen (secondary N) is 1. The van der Waals surface area contributed by atoms with E-state index < -0.39 is 0 Å². The molecule has 29 heavy (non-hydrogen) atoms. The summed E-state index contributed by atoms with van der Waals surface area (Å²) < 4.78 is 0.